The Bertz CT molecular complexity index is 542. The second-order valence-corrected chi connectivity index (χ2v) is 5.23. The number of carbonyl (C=O) groups is 1. The lowest BCUT2D eigenvalue weighted by atomic mass is 9.92. The molecule has 0 atom stereocenters. The number of rotatable bonds is 5. The van der Waals surface area contributed by atoms with Gasteiger partial charge in [-0.05, 0) is 37.3 Å². The average Bonchev–Trinajstić information content (AvgIpc) is 2.45. The Morgan fingerprint density at radius 3 is 2.67 bits per heavy atom. The molecule has 1 N–H and O–H groups in total. The minimum Gasteiger partial charge on any atom is -0.481 e. The lowest BCUT2D eigenvalue weighted by Crippen LogP contribution is -2.34. The summed E-state index contributed by atoms with van der Waals surface area (Å²) in [4.78, 5) is 22.7. The van der Waals surface area contributed by atoms with Crippen LogP contribution in [0.2, 0.25) is 0 Å². The predicted octanol–water partition coefficient (Wildman–Crippen LogP) is 2.82. The lowest BCUT2D eigenvalue weighted by molar-refractivity contribution is -0.386. The lowest BCUT2D eigenvalue weighted by Gasteiger charge is -2.33. The molecule has 0 unspecified atom stereocenters. The number of carboxylic acid groups (broad SMARTS) is 1. The SMILES string of the molecule is O=C(O)CCC1CCN(c2cccc(F)c2[N+](=O)[O-])CC1. The first-order valence-corrected chi connectivity index (χ1v) is 6.88. The molecule has 1 aromatic rings. The van der Waals surface area contributed by atoms with Crippen LogP contribution in [0.3, 0.4) is 0 Å². The summed E-state index contributed by atoms with van der Waals surface area (Å²) < 4.78 is 13.6. The quantitative estimate of drug-likeness (QED) is 0.667. The van der Waals surface area contributed by atoms with E-state index in [-0.39, 0.29) is 6.42 Å². The molecule has 0 spiro atoms. The maximum absolute atomic E-state index is 13.6. The van der Waals surface area contributed by atoms with Crippen molar-refractivity contribution in [2.24, 2.45) is 5.92 Å². The Morgan fingerprint density at radius 2 is 2.10 bits per heavy atom. The number of piperidine rings is 1. The molecule has 21 heavy (non-hydrogen) atoms. The van der Waals surface area contributed by atoms with Gasteiger partial charge in [-0.1, -0.05) is 6.07 Å². The summed E-state index contributed by atoms with van der Waals surface area (Å²) in [6.07, 6.45) is 2.29. The second-order valence-electron chi connectivity index (χ2n) is 5.23. The fourth-order valence-corrected chi connectivity index (χ4v) is 2.73. The number of aliphatic carboxylic acids is 1. The number of hydrogen-bond donors (Lipinski definition) is 1. The Balaban J connectivity index is 2.04. The zero-order chi connectivity index (χ0) is 15.4. The van der Waals surface area contributed by atoms with Gasteiger partial charge in [-0.15, -0.1) is 0 Å². The van der Waals surface area contributed by atoms with Gasteiger partial charge in [0.25, 0.3) is 0 Å². The number of benzene rings is 1. The molecule has 0 aliphatic carbocycles. The minimum atomic E-state index is -0.828. The summed E-state index contributed by atoms with van der Waals surface area (Å²) in [6.45, 7) is 1.16. The van der Waals surface area contributed by atoms with E-state index in [4.69, 9.17) is 5.11 Å². The van der Waals surface area contributed by atoms with Crippen molar-refractivity contribution in [3.05, 3.63) is 34.1 Å². The van der Waals surface area contributed by atoms with Crippen LogP contribution in [0.25, 0.3) is 0 Å². The first kappa shape index (κ1) is 15.2. The van der Waals surface area contributed by atoms with Gasteiger partial charge in [0.2, 0.25) is 5.82 Å². The van der Waals surface area contributed by atoms with Crippen LogP contribution in [0.5, 0.6) is 0 Å². The highest BCUT2D eigenvalue weighted by Gasteiger charge is 2.27. The van der Waals surface area contributed by atoms with E-state index in [2.05, 4.69) is 0 Å². The molecule has 1 aliphatic heterocycles. The number of nitrogens with zero attached hydrogens (tertiary/aromatic N) is 2. The highest BCUT2D eigenvalue weighted by Crippen LogP contribution is 2.34. The number of hydrogen-bond acceptors (Lipinski definition) is 4. The number of anilines is 1. The Labute approximate surface area is 121 Å². The van der Waals surface area contributed by atoms with Crippen molar-refractivity contribution in [1.29, 1.82) is 0 Å². The summed E-state index contributed by atoms with van der Waals surface area (Å²) in [6, 6.07) is 4.11. The molecular formula is C14H17FN2O4. The zero-order valence-corrected chi connectivity index (χ0v) is 11.5. The van der Waals surface area contributed by atoms with Gasteiger partial charge in [0, 0.05) is 19.5 Å². The molecule has 0 amide bonds. The highest BCUT2D eigenvalue weighted by molar-refractivity contribution is 5.66. The van der Waals surface area contributed by atoms with E-state index in [0.717, 1.165) is 18.9 Å². The Kier molecular flexibility index (Phi) is 4.72. The van der Waals surface area contributed by atoms with Crippen molar-refractivity contribution in [3.63, 3.8) is 0 Å². The molecule has 1 fully saturated rings. The first-order chi connectivity index (χ1) is 9.99. The van der Waals surface area contributed by atoms with Crippen LogP contribution in [-0.2, 0) is 4.79 Å². The number of nitro benzene ring substituents is 1. The van der Waals surface area contributed by atoms with Crippen LogP contribution in [0.15, 0.2) is 18.2 Å². The third-order valence-corrected chi connectivity index (χ3v) is 3.87. The summed E-state index contributed by atoms with van der Waals surface area (Å²) in [5.41, 5.74) is -0.182. The van der Waals surface area contributed by atoms with Crippen LogP contribution in [0, 0.1) is 21.8 Å². The van der Waals surface area contributed by atoms with Crippen LogP contribution < -0.4 is 4.90 Å². The van der Waals surface area contributed by atoms with Gasteiger partial charge in [-0.25, -0.2) is 0 Å². The first-order valence-electron chi connectivity index (χ1n) is 6.88. The fraction of sp³-hybridized carbons (Fsp3) is 0.500. The van der Waals surface area contributed by atoms with Gasteiger partial charge >= 0.3 is 11.7 Å². The van der Waals surface area contributed by atoms with Crippen LogP contribution >= 0.6 is 0 Å². The largest absolute Gasteiger partial charge is 0.481 e. The van der Waals surface area contributed by atoms with Crippen LogP contribution in [0.4, 0.5) is 15.8 Å². The fourth-order valence-electron chi connectivity index (χ4n) is 2.73. The molecule has 0 aromatic heterocycles. The van der Waals surface area contributed by atoms with Gasteiger partial charge in [0.15, 0.2) is 0 Å². The Morgan fingerprint density at radius 1 is 1.43 bits per heavy atom. The van der Waals surface area contributed by atoms with Crippen molar-refractivity contribution in [2.75, 3.05) is 18.0 Å². The number of para-hydroxylation sites is 1. The van der Waals surface area contributed by atoms with E-state index in [0.29, 0.717) is 31.1 Å². The number of nitro groups is 1. The van der Waals surface area contributed by atoms with Crippen LogP contribution in [-0.4, -0.2) is 29.1 Å². The molecule has 0 radical (unpaired) electrons. The molecule has 1 aromatic carbocycles. The van der Waals surface area contributed by atoms with E-state index in [1.165, 1.54) is 6.07 Å². The van der Waals surface area contributed by atoms with Gasteiger partial charge in [0.1, 0.15) is 5.69 Å². The standard InChI is InChI=1S/C14H17FN2O4/c15-11-2-1-3-12(14(11)17(20)21)16-8-6-10(7-9-16)4-5-13(18)19/h1-3,10H,4-9H2,(H,18,19). The van der Waals surface area contributed by atoms with Gasteiger partial charge < -0.3 is 10.0 Å². The van der Waals surface area contributed by atoms with Crippen molar-refractivity contribution in [3.8, 4) is 0 Å². The number of carboxylic acids is 1. The van der Waals surface area contributed by atoms with Gasteiger partial charge in [-0.3, -0.25) is 14.9 Å². The summed E-state index contributed by atoms with van der Waals surface area (Å²) in [5.74, 6) is -1.33. The van der Waals surface area contributed by atoms with E-state index >= 15 is 0 Å². The third kappa shape index (κ3) is 3.68. The van der Waals surface area contributed by atoms with Crippen LogP contribution in [0.1, 0.15) is 25.7 Å². The number of halogens is 1. The van der Waals surface area contributed by atoms with Crippen molar-refractivity contribution < 1.29 is 19.2 Å². The highest BCUT2D eigenvalue weighted by atomic mass is 19.1. The minimum absolute atomic E-state index is 0.144. The maximum atomic E-state index is 13.6. The van der Waals surface area contributed by atoms with Crippen molar-refractivity contribution >= 4 is 17.3 Å². The van der Waals surface area contributed by atoms with Gasteiger partial charge in [-0.2, -0.15) is 4.39 Å². The monoisotopic (exact) mass is 296 g/mol. The van der Waals surface area contributed by atoms with Crippen molar-refractivity contribution in [2.45, 2.75) is 25.7 Å². The molecule has 114 valence electrons. The van der Waals surface area contributed by atoms with Crippen molar-refractivity contribution in [1.82, 2.24) is 0 Å². The van der Waals surface area contributed by atoms with E-state index < -0.39 is 22.4 Å². The van der Waals surface area contributed by atoms with E-state index in [1.54, 1.807) is 11.0 Å². The third-order valence-electron chi connectivity index (χ3n) is 3.87. The zero-order valence-electron chi connectivity index (χ0n) is 11.5. The normalized spacial score (nSPS) is 16.0. The summed E-state index contributed by atoms with van der Waals surface area (Å²) in [5, 5.41) is 19.7. The molecule has 1 heterocycles. The average molecular weight is 296 g/mol. The molecule has 7 heteroatoms. The molecule has 1 aliphatic rings. The van der Waals surface area contributed by atoms with E-state index in [9.17, 15) is 19.3 Å². The Hall–Kier alpha value is -2.18. The topological polar surface area (TPSA) is 83.7 Å². The molecule has 2 rings (SSSR count). The maximum Gasteiger partial charge on any atom is 0.327 e. The second kappa shape index (κ2) is 6.51. The van der Waals surface area contributed by atoms with Gasteiger partial charge in [0.05, 0.1) is 4.92 Å². The molecule has 0 bridgehead atoms. The smallest absolute Gasteiger partial charge is 0.327 e. The summed E-state index contributed by atoms with van der Waals surface area (Å²) >= 11 is 0. The van der Waals surface area contributed by atoms with E-state index in [1.807, 2.05) is 0 Å². The summed E-state index contributed by atoms with van der Waals surface area (Å²) in [7, 11) is 0. The molecular weight excluding hydrogens is 279 g/mol. The molecule has 1 saturated heterocycles. The molecule has 0 saturated carbocycles. The molecule has 6 nitrogen and oxygen atoms in total. The predicted molar refractivity (Wildman–Crippen MR) is 74.9 cm³/mol.